The molecule has 2 heterocycles. The van der Waals surface area contributed by atoms with E-state index in [-0.39, 0.29) is 28.4 Å². The lowest BCUT2D eigenvalue weighted by Gasteiger charge is -2.21. The molecule has 0 bridgehead atoms. The molecule has 3 aromatic rings. The van der Waals surface area contributed by atoms with Gasteiger partial charge in [0, 0.05) is 32.7 Å². The van der Waals surface area contributed by atoms with E-state index in [1.54, 1.807) is 32.2 Å². The number of halogens is 2. The number of urea groups is 1. The summed E-state index contributed by atoms with van der Waals surface area (Å²) in [4.78, 5) is 27.5. The van der Waals surface area contributed by atoms with E-state index in [0.717, 1.165) is 5.56 Å². The van der Waals surface area contributed by atoms with Crippen LogP contribution in [0.3, 0.4) is 0 Å². The van der Waals surface area contributed by atoms with Crippen LogP contribution in [0.25, 0.3) is 5.69 Å². The number of primary amides is 1. The first kappa shape index (κ1) is 25.6. The number of nitrogens with zero attached hydrogens (tertiary/aromatic N) is 3. The van der Waals surface area contributed by atoms with Crippen LogP contribution in [-0.4, -0.2) is 66.0 Å². The SMILES string of the molecule is COCCN1CC(NC(=O)Nc2c(C(N)=O)c(C)nn2-c2ccccc2)C(c2ccc(Cl)c(F)c2)C1. The molecule has 1 aromatic heterocycles. The van der Waals surface area contributed by atoms with Crippen LogP contribution < -0.4 is 16.4 Å². The van der Waals surface area contributed by atoms with Gasteiger partial charge < -0.3 is 15.8 Å². The minimum absolute atomic E-state index is 0.0405. The van der Waals surface area contributed by atoms with Crippen molar-refractivity contribution in [3.63, 3.8) is 0 Å². The number of para-hydroxylation sites is 1. The van der Waals surface area contributed by atoms with Crippen LogP contribution in [0.15, 0.2) is 48.5 Å². The maximum atomic E-state index is 14.2. The second kappa shape index (κ2) is 11.1. The van der Waals surface area contributed by atoms with Crippen LogP contribution in [-0.2, 0) is 4.74 Å². The van der Waals surface area contributed by atoms with Gasteiger partial charge in [0.1, 0.15) is 11.4 Å². The van der Waals surface area contributed by atoms with E-state index >= 15 is 0 Å². The molecular weight excluding hydrogens is 487 g/mol. The number of carbonyl (C=O) groups is 2. The zero-order chi connectivity index (χ0) is 25.8. The van der Waals surface area contributed by atoms with E-state index in [2.05, 4.69) is 20.6 Å². The molecule has 2 unspecified atom stereocenters. The number of aromatic nitrogens is 2. The summed E-state index contributed by atoms with van der Waals surface area (Å²) in [6, 6.07) is 12.9. The summed E-state index contributed by atoms with van der Waals surface area (Å²) in [6.07, 6.45) is 0. The Hall–Kier alpha value is -3.47. The maximum Gasteiger partial charge on any atom is 0.320 e. The van der Waals surface area contributed by atoms with Gasteiger partial charge in [-0.2, -0.15) is 5.10 Å². The third-order valence-electron chi connectivity index (χ3n) is 6.23. The molecule has 9 nitrogen and oxygen atoms in total. The highest BCUT2D eigenvalue weighted by molar-refractivity contribution is 6.30. The van der Waals surface area contributed by atoms with Crippen molar-refractivity contribution in [3.8, 4) is 5.69 Å². The zero-order valence-electron chi connectivity index (χ0n) is 20.0. The van der Waals surface area contributed by atoms with Gasteiger partial charge in [-0.15, -0.1) is 0 Å². The first-order valence-corrected chi connectivity index (χ1v) is 11.8. The molecule has 0 saturated carbocycles. The van der Waals surface area contributed by atoms with Gasteiger partial charge in [0.05, 0.1) is 29.1 Å². The fraction of sp³-hybridized carbons (Fsp3) is 0.320. The number of ether oxygens (including phenoxy) is 1. The minimum Gasteiger partial charge on any atom is -0.383 e. The van der Waals surface area contributed by atoms with Gasteiger partial charge in [-0.1, -0.05) is 35.9 Å². The molecule has 0 radical (unpaired) electrons. The normalized spacial score (nSPS) is 17.8. The molecule has 4 rings (SSSR count). The molecule has 1 aliphatic rings. The van der Waals surface area contributed by atoms with Gasteiger partial charge in [-0.05, 0) is 36.8 Å². The summed E-state index contributed by atoms with van der Waals surface area (Å²) < 4.78 is 20.9. The lowest BCUT2D eigenvalue weighted by molar-refractivity contribution is 0.100. The average Bonchev–Trinajstić information content (AvgIpc) is 3.40. The molecule has 1 saturated heterocycles. The van der Waals surface area contributed by atoms with Crippen molar-refractivity contribution in [2.24, 2.45) is 5.73 Å². The molecule has 2 aromatic carbocycles. The van der Waals surface area contributed by atoms with Gasteiger partial charge in [-0.3, -0.25) is 15.0 Å². The van der Waals surface area contributed by atoms with Crippen molar-refractivity contribution in [1.82, 2.24) is 20.0 Å². The van der Waals surface area contributed by atoms with Gasteiger partial charge in [0.2, 0.25) is 0 Å². The summed E-state index contributed by atoms with van der Waals surface area (Å²) in [5.41, 5.74) is 7.51. The number of nitrogens with two attached hydrogens (primary N) is 1. The van der Waals surface area contributed by atoms with E-state index in [9.17, 15) is 14.0 Å². The molecule has 0 spiro atoms. The van der Waals surface area contributed by atoms with Crippen LogP contribution in [0, 0.1) is 12.7 Å². The van der Waals surface area contributed by atoms with Crippen LogP contribution >= 0.6 is 11.6 Å². The molecule has 11 heteroatoms. The highest BCUT2D eigenvalue weighted by Crippen LogP contribution is 2.30. The number of amides is 3. The Balaban J connectivity index is 1.59. The Bertz CT molecular complexity index is 1250. The number of aryl methyl sites for hydroxylation is 1. The number of likely N-dealkylation sites (tertiary alicyclic amines) is 1. The highest BCUT2D eigenvalue weighted by Gasteiger charge is 2.35. The molecular formula is C25H28ClFN6O3. The smallest absolute Gasteiger partial charge is 0.320 e. The Labute approximate surface area is 213 Å². The molecule has 2 atom stereocenters. The number of rotatable bonds is 8. The van der Waals surface area contributed by atoms with Crippen LogP contribution in [0.5, 0.6) is 0 Å². The fourth-order valence-corrected chi connectivity index (χ4v) is 4.64. The number of anilines is 1. The van der Waals surface area contributed by atoms with Crippen LogP contribution in [0.4, 0.5) is 15.0 Å². The van der Waals surface area contributed by atoms with Gasteiger partial charge in [0.15, 0.2) is 5.82 Å². The van der Waals surface area contributed by atoms with E-state index in [1.165, 1.54) is 16.8 Å². The Morgan fingerprint density at radius 1 is 1.22 bits per heavy atom. The third kappa shape index (κ3) is 5.51. The Kier molecular flexibility index (Phi) is 7.88. The summed E-state index contributed by atoms with van der Waals surface area (Å²) in [7, 11) is 1.62. The number of hydrogen-bond donors (Lipinski definition) is 3. The van der Waals surface area contributed by atoms with Crippen molar-refractivity contribution in [3.05, 3.63) is 76.2 Å². The number of methoxy groups -OCH3 is 1. The van der Waals surface area contributed by atoms with Gasteiger partial charge in [-0.25, -0.2) is 13.9 Å². The molecule has 4 N–H and O–H groups in total. The van der Waals surface area contributed by atoms with Crippen molar-refractivity contribution in [2.45, 2.75) is 18.9 Å². The van der Waals surface area contributed by atoms with E-state index < -0.39 is 17.8 Å². The topological polar surface area (TPSA) is 115 Å². The molecule has 36 heavy (non-hydrogen) atoms. The highest BCUT2D eigenvalue weighted by atomic mass is 35.5. The summed E-state index contributed by atoms with van der Waals surface area (Å²) in [5.74, 6) is -1.23. The number of nitrogens with one attached hydrogen (secondary N) is 2. The predicted octanol–water partition coefficient (Wildman–Crippen LogP) is 3.31. The molecule has 1 fully saturated rings. The summed E-state index contributed by atoms with van der Waals surface area (Å²) in [5, 5.41) is 10.2. The number of carbonyl (C=O) groups excluding carboxylic acids is 2. The van der Waals surface area contributed by atoms with Crippen molar-refractivity contribution in [1.29, 1.82) is 0 Å². The lowest BCUT2D eigenvalue weighted by atomic mass is 9.94. The van der Waals surface area contributed by atoms with Crippen LogP contribution in [0.2, 0.25) is 5.02 Å². The third-order valence-corrected chi connectivity index (χ3v) is 6.54. The summed E-state index contributed by atoms with van der Waals surface area (Å²) >= 11 is 5.88. The van der Waals surface area contributed by atoms with Crippen molar-refractivity contribution in [2.75, 3.05) is 38.7 Å². The van der Waals surface area contributed by atoms with E-state index in [1.807, 2.05) is 18.2 Å². The largest absolute Gasteiger partial charge is 0.383 e. The second-order valence-corrected chi connectivity index (χ2v) is 9.07. The lowest BCUT2D eigenvalue weighted by Crippen LogP contribution is -2.43. The first-order chi connectivity index (χ1) is 17.3. The first-order valence-electron chi connectivity index (χ1n) is 11.5. The second-order valence-electron chi connectivity index (χ2n) is 8.66. The Morgan fingerprint density at radius 2 is 1.97 bits per heavy atom. The molecule has 190 valence electrons. The van der Waals surface area contributed by atoms with Crippen molar-refractivity contribution >= 4 is 29.4 Å². The van der Waals surface area contributed by atoms with Gasteiger partial charge in [0.25, 0.3) is 5.91 Å². The quantitative estimate of drug-likeness (QED) is 0.426. The monoisotopic (exact) mass is 514 g/mol. The standard InChI is InChI=1S/C25H28ClFN6O3/c1-15-22(23(28)34)24(33(31-15)17-6-4-3-5-7-17)30-25(35)29-21-14-32(10-11-36-2)13-18(21)16-8-9-19(26)20(27)12-16/h3-9,12,18,21H,10-11,13-14H2,1-2H3,(H2,28,34)(H2,29,30,35). The molecule has 3 amide bonds. The fourth-order valence-electron chi connectivity index (χ4n) is 4.52. The van der Waals surface area contributed by atoms with Gasteiger partial charge >= 0.3 is 6.03 Å². The van der Waals surface area contributed by atoms with E-state index in [0.29, 0.717) is 37.6 Å². The van der Waals surface area contributed by atoms with E-state index in [4.69, 9.17) is 22.1 Å². The molecule has 0 aliphatic carbocycles. The number of hydrogen-bond acceptors (Lipinski definition) is 5. The minimum atomic E-state index is -0.703. The Morgan fingerprint density at radius 3 is 2.64 bits per heavy atom. The van der Waals surface area contributed by atoms with Crippen LogP contribution in [0.1, 0.15) is 27.5 Å². The van der Waals surface area contributed by atoms with Crippen molar-refractivity contribution < 1.29 is 18.7 Å². The molecule has 1 aliphatic heterocycles. The summed E-state index contributed by atoms with van der Waals surface area (Å²) in [6.45, 7) is 3.97. The zero-order valence-corrected chi connectivity index (χ0v) is 20.8. The predicted molar refractivity (Wildman–Crippen MR) is 135 cm³/mol. The maximum absolute atomic E-state index is 14.2. The number of benzene rings is 2. The average molecular weight is 515 g/mol.